The lowest BCUT2D eigenvalue weighted by molar-refractivity contribution is 0.365. The Morgan fingerprint density at radius 2 is 2.06 bits per heavy atom. The van der Waals surface area contributed by atoms with Crippen LogP contribution in [-0.2, 0) is 6.54 Å². The molecule has 100 valence electrons. The highest BCUT2D eigenvalue weighted by atomic mass is 19.1. The van der Waals surface area contributed by atoms with E-state index in [4.69, 9.17) is 0 Å². The van der Waals surface area contributed by atoms with Crippen molar-refractivity contribution < 1.29 is 4.39 Å². The normalized spacial score (nSPS) is 16.9. The standard InChI is InChI=1S/C12H18FN3O2/c13-10-8-16(12(18)15-11(10)17)7-6-14-9-4-2-1-3-5-9/h8-9,14H,1-7H2,(H,15,17,18). The molecule has 0 unspecified atom stereocenters. The Balaban J connectivity index is 1.88. The number of rotatable bonds is 4. The zero-order chi connectivity index (χ0) is 13.0. The van der Waals surface area contributed by atoms with Crippen LogP contribution >= 0.6 is 0 Å². The summed E-state index contributed by atoms with van der Waals surface area (Å²) in [5.74, 6) is -0.924. The SMILES string of the molecule is O=c1[nH]c(=O)n(CCNC2CCCCC2)cc1F. The molecule has 2 N–H and O–H groups in total. The predicted molar refractivity (Wildman–Crippen MR) is 66.2 cm³/mol. The quantitative estimate of drug-likeness (QED) is 0.828. The van der Waals surface area contributed by atoms with Crippen molar-refractivity contribution in [3.63, 3.8) is 0 Å². The van der Waals surface area contributed by atoms with Crippen LogP contribution in [0, 0.1) is 5.82 Å². The van der Waals surface area contributed by atoms with E-state index in [1.165, 1.54) is 23.8 Å². The molecule has 0 aliphatic heterocycles. The van der Waals surface area contributed by atoms with Crippen LogP contribution in [0.15, 0.2) is 15.8 Å². The van der Waals surface area contributed by atoms with Crippen molar-refractivity contribution in [3.05, 3.63) is 32.9 Å². The molecule has 1 aromatic rings. The first kappa shape index (κ1) is 13.0. The predicted octanol–water partition coefficient (Wildman–Crippen LogP) is 0.598. The zero-order valence-electron chi connectivity index (χ0n) is 10.2. The minimum atomic E-state index is -0.962. The molecule has 0 saturated heterocycles. The molecule has 1 aromatic heterocycles. The number of H-pyrrole nitrogens is 1. The molecule has 2 rings (SSSR count). The Hall–Kier alpha value is -1.43. The average Bonchev–Trinajstić information content (AvgIpc) is 2.37. The van der Waals surface area contributed by atoms with Gasteiger partial charge in [-0.25, -0.2) is 4.79 Å². The maximum Gasteiger partial charge on any atom is 0.328 e. The third-order valence-electron chi connectivity index (χ3n) is 3.36. The molecule has 18 heavy (non-hydrogen) atoms. The second-order valence-electron chi connectivity index (χ2n) is 4.72. The second-order valence-corrected chi connectivity index (χ2v) is 4.72. The van der Waals surface area contributed by atoms with E-state index in [1.807, 2.05) is 4.98 Å². The van der Waals surface area contributed by atoms with Crippen molar-refractivity contribution >= 4 is 0 Å². The van der Waals surface area contributed by atoms with Crippen LogP contribution in [0.4, 0.5) is 4.39 Å². The number of halogens is 1. The van der Waals surface area contributed by atoms with E-state index < -0.39 is 17.1 Å². The van der Waals surface area contributed by atoms with Gasteiger partial charge < -0.3 is 5.32 Å². The van der Waals surface area contributed by atoms with Crippen LogP contribution in [-0.4, -0.2) is 22.1 Å². The van der Waals surface area contributed by atoms with Crippen LogP contribution < -0.4 is 16.6 Å². The second kappa shape index (κ2) is 5.95. The smallest absolute Gasteiger partial charge is 0.312 e. The summed E-state index contributed by atoms with van der Waals surface area (Å²) in [5, 5.41) is 3.36. The number of nitrogens with one attached hydrogen (secondary N) is 2. The number of hydrogen-bond donors (Lipinski definition) is 2. The van der Waals surface area contributed by atoms with E-state index in [-0.39, 0.29) is 0 Å². The summed E-state index contributed by atoms with van der Waals surface area (Å²) in [5.41, 5.74) is -1.52. The van der Waals surface area contributed by atoms with Gasteiger partial charge in [0, 0.05) is 19.1 Å². The molecule has 0 aromatic carbocycles. The van der Waals surface area contributed by atoms with E-state index in [1.54, 1.807) is 0 Å². The monoisotopic (exact) mass is 255 g/mol. The van der Waals surface area contributed by atoms with Gasteiger partial charge in [-0.3, -0.25) is 14.3 Å². The molecule has 0 atom stereocenters. The molecule has 1 fully saturated rings. The third kappa shape index (κ3) is 3.29. The molecular weight excluding hydrogens is 237 g/mol. The number of aromatic nitrogens is 2. The first-order chi connectivity index (χ1) is 8.66. The average molecular weight is 255 g/mol. The fraction of sp³-hybridized carbons (Fsp3) is 0.667. The Morgan fingerprint density at radius 1 is 1.33 bits per heavy atom. The zero-order valence-corrected chi connectivity index (χ0v) is 10.2. The van der Waals surface area contributed by atoms with E-state index in [0.29, 0.717) is 19.1 Å². The van der Waals surface area contributed by atoms with Crippen LogP contribution in [0.3, 0.4) is 0 Å². The van der Waals surface area contributed by atoms with Gasteiger partial charge in [0.2, 0.25) is 5.82 Å². The Labute approximate surface area is 104 Å². The highest BCUT2D eigenvalue weighted by Crippen LogP contribution is 2.16. The van der Waals surface area contributed by atoms with Crippen molar-refractivity contribution in [2.24, 2.45) is 0 Å². The Bertz CT molecular complexity index is 503. The van der Waals surface area contributed by atoms with Gasteiger partial charge in [0.15, 0.2) is 0 Å². The van der Waals surface area contributed by atoms with Crippen molar-refractivity contribution in [1.29, 1.82) is 0 Å². The molecule has 1 heterocycles. The summed E-state index contributed by atoms with van der Waals surface area (Å²) in [6.07, 6.45) is 7.06. The van der Waals surface area contributed by atoms with Crippen molar-refractivity contribution in [2.75, 3.05) is 6.54 Å². The van der Waals surface area contributed by atoms with Crippen LogP contribution in [0.25, 0.3) is 0 Å². The van der Waals surface area contributed by atoms with Gasteiger partial charge in [-0.1, -0.05) is 19.3 Å². The summed E-state index contributed by atoms with van der Waals surface area (Å²) < 4.78 is 14.2. The van der Waals surface area contributed by atoms with Gasteiger partial charge in [0.05, 0.1) is 6.20 Å². The molecule has 5 nitrogen and oxygen atoms in total. The molecule has 1 saturated carbocycles. The number of hydrogen-bond acceptors (Lipinski definition) is 3. The van der Waals surface area contributed by atoms with Gasteiger partial charge in [0.25, 0.3) is 5.56 Å². The maximum absolute atomic E-state index is 13.0. The summed E-state index contributed by atoms with van der Waals surface area (Å²) in [6.45, 7) is 0.971. The minimum Gasteiger partial charge on any atom is -0.312 e. The Kier molecular flexibility index (Phi) is 4.30. The fourth-order valence-corrected chi connectivity index (χ4v) is 2.34. The lowest BCUT2D eigenvalue weighted by atomic mass is 9.95. The van der Waals surface area contributed by atoms with E-state index in [9.17, 15) is 14.0 Å². The summed E-state index contributed by atoms with van der Waals surface area (Å²) in [7, 11) is 0. The molecule has 1 aliphatic rings. The van der Waals surface area contributed by atoms with Crippen molar-refractivity contribution in [2.45, 2.75) is 44.7 Å². The summed E-state index contributed by atoms with van der Waals surface area (Å²) in [6, 6.07) is 0.502. The summed E-state index contributed by atoms with van der Waals surface area (Å²) >= 11 is 0. The van der Waals surface area contributed by atoms with Gasteiger partial charge >= 0.3 is 5.69 Å². The van der Waals surface area contributed by atoms with Crippen LogP contribution in [0.2, 0.25) is 0 Å². The minimum absolute atomic E-state index is 0.364. The van der Waals surface area contributed by atoms with Gasteiger partial charge in [0.1, 0.15) is 0 Å². The highest BCUT2D eigenvalue weighted by Gasteiger charge is 2.12. The van der Waals surface area contributed by atoms with Gasteiger partial charge in [-0.05, 0) is 12.8 Å². The van der Waals surface area contributed by atoms with Crippen LogP contribution in [0.5, 0.6) is 0 Å². The topological polar surface area (TPSA) is 66.9 Å². The van der Waals surface area contributed by atoms with Gasteiger partial charge in [-0.2, -0.15) is 4.39 Å². The third-order valence-corrected chi connectivity index (χ3v) is 3.36. The first-order valence-electron chi connectivity index (χ1n) is 6.39. The van der Waals surface area contributed by atoms with Gasteiger partial charge in [-0.15, -0.1) is 0 Å². The lowest BCUT2D eigenvalue weighted by Crippen LogP contribution is -2.37. The van der Waals surface area contributed by atoms with Crippen LogP contribution in [0.1, 0.15) is 32.1 Å². The molecule has 0 bridgehead atoms. The Morgan fingerprint density at radius 3 is 2.78 bits per heavy atom. The van der Waals surface area contributed by atoms with E-state index >= 15 is 0 Å². The van der Waals surface area contributed by atoms with E-state index in [0.717, 1.165) is 19.0 Å². The maximum atomic E-state index is 13.0. The molecular formula is C12H18FN3O2. The molecule has 1 aliphatic carbocycles. The fourth-order valence-electron chi connectivity index (χ4n) is 2.34. The largest absolute Gasteiger partial charge is 0.328 e. The summed E-state index contributed by atoms with van der Waals surface area (Å²) in [4.78, 5) is 24.2. The molecule has 0 amide bonds. The number of nitrogens with zero attached hydrogens (tertiary/aromatic N) is 1. The number of aromatic amines is 1. The lowest BCUT2D eigenvalue weighted by Gasteiger charge is -2.22. The molecule has 6 heteroatoms. The molecule has 0 radical (unpaired) electrons. The first-order valence-corrected chi connectivity index (χ1v) is 6.39. The highest BCUT2D eigenvalue weighted by molar-refractivity contribution is 4.87. The van der Waals surface area contributed by atoms with Crippen molar-refractivity contribution in [1.82, 2.24) is 14.9 Å². The molecule has 0 spiro atoms. The van der Waals surface area contributed by atoms with E-state index in [2.05, 4.69) is 5.32 Å². The van der Waals surface area contributed by atoms with Crippen molar-refractivity contribution in [3.8, 4) is 0 Å².